The first-order valence-corrected chi connectivity index (χ1v) is 6.08. The van der Waals surface area contributed by atoms with E-state index < -0.39 is 0 Å². The first-order valence-electron chi connectivity index (χ1n) is 6.08. The van der Waals surface area contributed by atoms with Gasteiger partial charge in [-0.05, 0) is 36.3 Å². The van der Waals surface area contributed by atoms with E-state index in [1.165, 1.54) is 31.3 Å². The summed E-state index contributed by atoms with van der Waals surface area (Å²) in [6, 6.07) is 0. The summed E-state index contributed by atoms with van der Waals surface area (Å²) < 4.78 is 0. The molecule has 1 aliphatic rings. The first-order chi connectivity index (χ1) is 6.99. The molecule has 1 nitrogen and oxygen atoms in total. The van der Waals surface area contributed by atoms with Crippen molar-refractivity contribution in [2.75, 3.05) is 0 Å². The average molecular weight is 208 g/mol. The van der Waals surface area contributed by atoms with Crippen LogP contribution in [-0.4, -0.2) is 5.11 Å². The summed E-state index contributed by atoms with van der Waals surface area (Å²) >= 11 is 0. The molecule has 1 N–H and O–H groups in total. The maximum absolute atomic E-state index is 9.73. The van der Waals surface area contributed by atoms with Gasteiger partial charge in [0.25, 0.3) is 0 Å². The maximum Gasteiger partial charge on any atom is 0.114 e. The molecule has 0 aromatic carbocycles. The standard InChI is InChI=1S/C14H24O/c1-5-6-7-8-12-11(2)13(15)9-10-14(12,3)4/h9-10,12,15H,5-8H2,1-4H3. The quantitative estimate of drug-likeness (QED) is 0.669. The van der Waals surface area contributed by atoms with Crippen molar-refractivity contribution in [1.29, 1.82) is 0 Å². The Balaban J connectivity index is 2.70. The molecule has 1 aliphatic carbocycles. The van der Waals surface area contributed by atoms with Gasteiger partial charge >= 0.3 is 0 Å². The van der Waals surface area contributed by atoms with Crippen LogP contribution in [-0.2, 0) is 0 Å². The van der Waals surface area contributed by atoms with Gasteiger partial charge in [0.1, 0.15) is 5.76 Å². The molecule has 1 atom stereocenters. The molecule has 0 saturated carbocycles. The van der Waals surface area contributed by atoms with Gasteiger partial charge in [0.2, 0.25) is 0 Å². The second-order valence-electron chi connectivity index (χ2n) is 5.27. The Bertz CT molecular complexity index is 271. The minimum Gasteiger partial charge on any atom is -0.508 e. The van der Waals surface area contributed by atoms with Gasteiger partial charge in [-0.15, -0.1) is 0 Å². The summed E-state index contributed by atoms with van der Waals surface area (Å²) in [6.07, 6.45) is 9.02. The van der Waals surface area contributed by atoms with Gasteiger partial charge in [-0.1, -0.05) is 46.1 Å². The Kier molecular flexibility index (Phi) is 4.01. The van der Waals surface area contributed by atoms with Gasteiger partial charge in [0.15, 0.2) is 0 Å². The molecular weight excluding hydrogens is 184 g/mol. The van der Waals surface area contributed by atoms with E-state index in [9.17, 15) is 5.11 Å². The molecule has 0 amide bonds. The van der Waals surface area contributed by atoms with E-state index in [-0.39, 0.29) is 5.41 Å². The Morgan fingerprint density at radius 1 is 1.33 bits per heavy atom. The highest BCUT2D eigenvalue weighted by Gasteiger charge is 2.31. The molecule has 0 bridgehead atoms. The van der Waals surface area contributed by atoms with Crippen molar-refractivity contribution in [1.82, 2.24) is 0 Å². The molecule has 0 aromatic heterocycles. The lowest BCUT2D eigenvalue weighted by Crippen LogP contribution is -2.26. The molecule has 0 radical (unpaired) electrons. The fraction of sp³-hybridized carbons (Fsp3) is 0.714. The molecule has 1 rings (SSSR count). The van der Waals surface area contributed by atoms with Crippen LogP contribution in [0.5, 0.6) is 0 Å². The van der Waals surface area contributed by atoms with E-state index in [1.54, 1.807) is 0 Å². The lowest BCUT2D eigenvalue weighted by atomic mass is 9.69. The number of hydrogen-bond donors (Lipinski definition) is 1. The molecule has 1 unspecified atom stereocenters. The number of aliphatic hydroxyl groups is 1. The number of rotatable bonds is 4. The molecule has 0 fully saturated rings. The molecule has 0 heterocycles. The molecular formula is C14H24O. The van der Waals surface area contributed by atoms with Crippen LogP contribution in [0.25, 0.3) is 0 Å². The molecule has 0 spiro atoms. The highest BCUT2D eigenvalue weighted by atomic mass is 16.3. The molecule has 1 heteroatoms. The van der Waals surface area contributed by atoms with Crippen molar-refractivity contribution in [3.8, 4) is 0 Å². The van der Waals surface area contributed by atoms with E-state index in [1.807, 2.05) is 6.08 Å². The number of allylic oxidation sites excluding steroid dienone is 3. The Hall–Kier alpha value is -0.720. The van der Waals surface area contributed by atoms with Gasteiger partial charge in [-0.2, -0.15) is 0 Å². The van der Waals surface area contributed by atoms with E-state index in [0.29, 0.717) is 11.7 Å². The first kappa shape index (κ1) is 12.4. The molecule has 0 aromatic rings. The molecule has 15 heavy (non-hydrogen) atoms. The van der Waals surface area contributed by atoms with Crippen LogP contribution in [0.4, 0.5) is 0 Å². The highest BCUT2D eigenvalue weighted by Crippen LogP contribution is 2.41. The predicted octanol–water partition coefficient (Wildman–Crippen LogP) is 4.61. The van der Waals surface area contributed by atoms with Gasteiger partial charge < -0.3 is 5.11 Å². The fourth-order valence-corrected chi connectivity index (χ4v) is 2.46. The summed E-state index contributed by atoms with van der Waals surface area (Å²) in [4.78, 5) is 0. The third-order valence-electron chi connectivity index (χ3n) is 3.59. The van der Waals surface area contributed by atoms with Crippen molar-refractivity contribution in [3.63, 3.8) is 0 Å². The Labute approximate surface area is 93.9 Å². The topological polar surface area (TPSA) is 20.2 Å². The zero-order valence-electron chi connectivity index (χ0n) is 10.5. The van der Waals surface area contributed by atoms with Crippen LogP contribution in [0, 0.1) is 11.3 Å². The minimum absolute atomic E-state index is 0.198. The van der Waals surface area contributed by atoms with Crippen LogP contribution >= 0.6 is 0 Å². The normalized spacial score (nSPS) is 24.7. The monoisotopic (exact) mass is 208 g/mol. The van der Waals surface area contributed by atoms with Crippen LogP contribution < -0.4 is 0 Å². The second kappa shape index (κ2) is 4.87. The van der Waals surface area contributed by atoms with Crippen molar-refractivity contribution < 1.29 is 5.11 Å². The second-order valence-corrected chi connectivity index (χ2v) is 5.27. The minimum atomic E-state index is 0.198. The van der Waals surface area contributed by atoms with Gasteiger partial charge in [0.05, 0.1) is 0 Å². The third-order valence-corrected chi connectivity index (χ3v) is 3.59. The predicted molar refractivity (Wildman–Crippen MR) is 65.9 cm³/mol. The maximum atomic E-state index is 9.73. The lowest BCUT2D eigenvalue weighted by Gasteiger charge is -2.35. The van der Waals surface area contributed by atoms with Gasteiger partial charge in [0, 0.05) is 0 Å². The molecule has 0 saturated heterocycles. The summed E-state index contributed by atoms with van der Waals surface area (Å²) in [7, 11) is 0. The summed E-state index contributed by atoms with van der Waals surface area (Å²) in [5, 5.41) is 9.73. The van der Waals surface area contributed by atoms with Crippen LogP contribution in [0.15, 0.2) is 23.5 Å². The summed E-state index contributed by atoms with van der Waals surface area (Å²) in [5.74, 6) is 0.991. The van der Waals surface area contributed by atoms with Crippen molar-refractivity contribution >= 4 is 0 Å². The SMILES string of the molecule is CCCCCC1C(C)=C(O)C=CC1(C)C. The van der Waals surface area contributed by atoms with Crippen LogP contribution in [0.1, 0.15) is 53.4 Å². The van der Waals surface area contributed by atoms with Gasteiger partial charge in [-0.25, -0.2) is 0 Å². The van der Waals surface area contributed by atoms with E-state index in [2.05, 4.69) is 33.8 Å². The van der Waals surface area contributed by atoms with Crippen LogP contribution in [0.3, 0.4) is 0 Å². The summed E-state index contributed by atoms with van der Waals surface area (Å²) in [6.45, 7) is 8.81. The van der Waals surface area contributed by atoms with Crippen molar-refractivity contribution in [3.05, 3.63) is 23.5 Å². The lowest BCUT2D eigenvalue weighted by molar-refractivity contribution is 0.274. The zero-order valence-corrected chi connectivity index (χ0v) is 10.5. The number of hydrogen-bond acceptors (Lipinski definition) is 1. The van der Waals surface area contributed by atoms with Gasteiger partial charge in [-0.3, -0.25) is 0 Å². The largest absolute Gasteiger partial charge is 0.508 e. The number of unbranched alkanes of at least 4 members (excludes halogenated alkanes) is 2. The summed E-state index contributed by atoms with van der Waals surface area (Å²) in [5.41, 5.74) is 1.36. The number of aliphatic hydroxyl groups excluding tert-OH is 1. The smallest absolute Gasteiger partial charge is 0.114 e. The van der Waals surface area contributed by atoms with Crippen molar-refractivity contribution in [2.24, 2.45) is 11.3 Å². The fourth-order valence-electron chi connectivity index (χ4n) is 2.46. The third kappa shape index (κ3) is 2.87. The van der Waals surface area contributed by atoms with E-state index in [4.69, 9.17) is 0 Å². The highest BCUT2D eigenvalue weighted by molar-refractivity contribution is 5.29. The van der Waals surface area contributed by atoms with E-state index in [0.717, 1.165) is 0 Å². The molecule has 86 valence electrons. The van der Waals surface area contributed by atoms with Crippen LogP contribution in [0.2, 0.25) is 0 Å². The van der Waals surface area contributed by atoms with Crippen molar-refractivity contribution in [2.45, 2.75) is 53.4 Å². The Morgan fingerprint density at radius 2 is 2.00 bits per heavy atom. The zero-order chi connectivity index (χ0) is 11.5. The average Bonchev–Trinajstić information content (AvgIpc) is 2.18. The van der Waals surface area contributed by atoms with E-state index >= 15 is 0 Å². The Morgan fingerprint density at radius 3 is 2.60 bits per heavy atom. The molecule has 0 aliphatic heterocycles.